The summed E-state index contributed by atoms with van der Waals surface area (Å²) in [5.41, 5.74) is 3.58. The van der Waals surface area contributed by atoms with E-state index in [9.17, 15) is 4.79 Å². The lowest BCUT2D eigenvalue weighted by Crippen LogP contribution is -2.13. The van der Waals surface area contributed by atoms with Crippen LogP contribution in [0.4, 0.5) is 5.69 Å². The Bertz CT molecular complexity index is 623. The Kier molecular flexibility index (Phi) is 4.27. The molecule has 2 rings (SSSR count). The van der Waals surface area contributed by atoms with E-state index in [4.69, 9.17) is 11.6 Å². The number of rotatable bonds is 2. The summed E-state index contributed by atoms with van der Waals surface area (Å²) in [5, 5.41) is 3.53. The van der Waals surface area contributed by atoms with Crippen LogP contribution in [0.2, 0.25) is 5.02 Å². The van der Waals surface area contributed by atoms with Crippen LogP contribution in [-0.4, -0.2) is 5.91 Å². The zero-order chi connectivity index (χ0) is 14.0. The lowest BCUT2D eigenvalue weighted by Gasteiger charge is -2.12. The van der Waals surface area contributed by atoms with Crippen molar-refractivity contribution in [1.29, 1.82) is 0 Å². The molecule has 2 aromatic rings. The molecule has 0 aromatic heterocycles. The van der Waals surface area contributed by atoms with Crippen molar-refractivity contribution in [2.24, 2.45) is 0 Å². The van der Waals surface area contributed by atoms with Crippen molar-refractivity contribution < 1.29 is 4.79 Å². The van der Waals surface area contributed by atoms with Gasteiger partial charge in [-0.05, 0) is 61.4 Å². The van der Waals surface area contributed by atoms with Crippen LogP contribution in [0.1, 0.15) is 21.5 Å². The van der Waals surface area contributed by atoms with Crippen LogP contribution in [0.25, 0.3) is 0 Å². The molecule has 0 fully saturated rings. The second-order valence-electron chi connectivity index (χ2n) is 4.31. The zero-order valence-corrected chi connectivity index (χ0v) is 13.0. The normalized spacial score (nSPS) is 10.3. The van der Waals surface area contributed by atoms with E-state index in [1.807, 2.05) is 26.0 Å². The molecule has 0 bridgehead atoms. The monoisotopic (exact) mass is 337 g/mol. The number of hydrogen-bond acceptors (Lipinski definition) is 1. The highest BCUT2D eigenvalue weighted by Gasteiger charge is 2.09. The van der Waals surface area contributed by atoms with E-state index in [1.165, 1.54) is 0 Å². The highest BCUT2D eigenvalue weighted by atomic mass is 79.9. The summed E-state index contributed by atoms with van der Waals surface area (Å²) >= 11 is 9.27. The number of anilines is 1. The number of benzene rings is 2. The quantitative estimate of drug-likeness (QED) is 0.823. The fourth-order valence-corrected chi connectivity index (χ4v) is 2.27. The third kappa shape index (κ3) is 3.17. The molecule has 19 heavy (non-hydrogen) atoms. The van der Waals surface area contributed by atoms with Gasteiger partial charge >= 0.3 is 0 Å². The second kappa shape index (κ2) is 5.76. The highest BCUT2D eigenvalue weighted by Crippen LogP contribution is 2.26. The molecule has 0 atom stereocenters. The maximum atomic E-state index is 12.1. The van der Waals surface area contributed by atoms with Crippen molar-refractivity contribution in [3.05, 3.63) is 62.6 Å². The lowest BCUT2D eigenvalue weighted by atomic mass is 10.1. The SMILES string of the molecule is Cc1c(Br)ccc(NC(=O)c2ccc(Cl)cc2)c1C. The third-order valence-corrected chi connectivity index (χ3v) is 4.19. The van der Waals surface area contributed by atoms with Crippen LogP contribution in [0.5, 0.6) is 0 Å². The average molecular weight is 339 g/mol. The van der Waals surface area contributed by atoms with Gasteiger partial charge in [0, 0.05) is 20.7 Å². The van der Waals surface area contributed by atoms with Gasteiger partial charge in [-0.2, -0.15) is 0 Å². The fraction of sp³-hybridized carbons (Fsp3) is 0.133. The van der Waals surface area contributed by atoms with Gasteiger partial charge in [-0.15, -0.1) is 0 Å². The summed E-state index contributed by atoms with van der Waals surface area (Å²) in [7, 11) is 0. The molecule has 0 aliphatic carbocycles. The van der Waals surface area contributed by atoms with Gasteiger partial charge < -0.3 is 5.32 Å². The van der Waals surface area contributed by atoms with Crippen molar-refractivity contribution in [3.8, 4) is 0 Å². The highest BCUT2D eigenvalue weighted by molar-refractivity contribution is 9.10. The van der Waals surface area contributed by atoms with Crippen LogP contribution >= 0.6 is 27.5 Å². The number of amides is 1. The van der Waals surface area contributed by atoms with E-state index in [1.54, 1.807) is 24.3 Å². The Balaban J connectivity index is 2.24. The summed E-state index contributed by atoms with van der Waals surface area (Å²) in [6, 6.07) is 10.6. The van der Waals surface area contributed by atoms with Gasteiger partial charge in [0.2, 0.25) is 0 Å². The van der Waals surface area contributed by atoms with Crippen LogP contribution in [0, 0.1) is 13.8 Å². The van der Waals surface area contributed by atoms with Gasteiger partial charge in [-0.1, -0.05) is 27.5 Å². The topological polar surface area (TPSA) is 29.1 Å². The van der Waals surface area contributed by atoms with Crippen molar-refractivity contribution >= 4 is 39.1 Å². The number of halogens is 2. The number of carbonyl (C=O) groups excluding carboxylic acids is 1. The van der Waals surface area contributed by atoms with Crippen molar-refractivity contribution in [2.45, 2.75) is 13.8 Å². The summed E-state index contributed by atoms with van der Waals surface area (Å²) in [5.74, 6) is -0.138. The first kappa shape index (κ1) is 14.1. The largest absolute Gasteiger partial charge is 0.322 e. The maximum Gasteiger partial charge on any atom is 0.255 e. The van der Waals surface area contributed by atoms with Gasteiger partial charge in [0.15, 0.2) is 0 Å². The van der Waals surface area contributed by atoms with E-state index >= 15 is 0 Å². The molecule has 1 N–H and O–H groups in total. The third-order valence-electron chi connectivity index (χ3n) is 3.08. The van der Waals surface area contributed by atoms with Gasteiger partial charge in [0.25, 0.3) is 5.91 Å². The molecule has 1 amide bonds. The zero-order valence-electron chi connectivity index (χ0n) is 10.6. The molecular weight excluding hydrogens is 326 g/mol. The molecule has 0 spiro atoms. The Morgan fingerprint density at radius 3 is 2.32 bits per heavy atom. The smallest absolute Gasteiger partial charge is 0.255 e. The van der Waals surface area contributed by atoms with Gasteiger partial charge in [0.1, 0.15) is 0 Å². The Labute approximate surface area is 125 Å². The summed E-state index contributed by atoms with van der Waals surface area (Å²) in [6.45, 7) is 3.99. The van der Waals surface area contributed by atoms with E-state index < -0.39 is 0 Å². The number of nitrogens with one attached hydrogen (secondary N) is 1. The van der Waals surface area contributed by atoms with E-state index in [-0.39, 0.29) is 5.91 Å². The first-order valence-corrected chi connectivity index (χ1v) is 6.99. The second-order valence-corrected chi connectivity index (χ2v) is 5.60. The minimum Gasteiger partial charge on any atom is -0.322 e. The fourth-order valence-electron chi connectivity index (χ4n) is 1.72. The molecule has 4 heteroatoms. The van der Waals surface area contributed by atoms with E-state index in [0.717, 1.165) is 21.3 Å². The first-order chi connectivity index (χ1) is 8.99. The number of hydrogen-bond donors (Lipinski definition) is 1. The molecule has 2 nitrogen and oxygen atoms in total. The van der Waals surface area contributed by atoms with E-state index in [2.05, 4.69) is 21.2 Å². The summed E-state index contributed by atoms with van der Waals surface area (Å²) in [4.78, 5) is 12.1. The molecule has 98 valence electrons. The van der Waals surface area contributed by atoms with Crippen LogP contribution in [0.3, 0.4) is 0 Å². The Hall–Kier alpha value is -1.32. The van der Waals surface area contributed by atoms with Crippen molar-refractivity contribution in [1.82, 2.24) is 0 Å². The Morgan fingerprint density at radius 1 is 1.05 bits per heavy atom. The minimum atomic E-state index is -0.138. The van der Waals surface area contributed by atoms with Gasteiger partial charge in [-0.25, -0.2) is 0 Å². The summed E-state index contributed by atoms with van der Waals surface area (Å²) in [6.07, 6.45) is 0. The van der Waals surface area contributed by atoms with Crippen molar-refractivity contribution in [3.63, 3.8) is 0 Å². The van der Waals surface area contributed by atoms with Gasteiger partial charge in [0.05, 0.1) is 0 Å². The Morgan fingerprint density at radius 2 is 1.68 bits per heavy atom. The van der Waals surface area contributed by atoms with E-state index in [0.29, 0.717) is 10.6 Å². The standard InChI is InChI=1S/C15H13BrClNO/c1-9-10(2)14(8-7-13(9)16)18-15(19)11-3-5-12(17)6-4-11/h3-8H,1-2H3,(H,18,19). The molecular formula is C15H13BrClNO. The predicted octanol–water partition coefficient (Wildman–Crippen LogP) is 4.97. The molecule has 0 aliphatic heterocycles. The molecule has 0 aliphatic rings. The predicted molar refractivity (Wildman–Crippen MR) is 83.0 cm³/mol. The molecule has 0 saturated carbocycles. The molecule has 0 radical (unpaired) electrons. The molecule has 0 heterocycles. The average Bonchev–Trinajstić information content (AvgIpc) is 2.40. The first-order valence-electron chi connectivity index (χ1n) is 5.81. The van der Waals surface area contributed by atoms with Crippen molar-refractivity contribution in [2.75, 3.05) is 5.32 Å². The molecule has 0 unspecified atom stereocenters. The number of carbonyl (C=O) groups is 1. The molecule has 2 aromatic carbocycles. The summed E-state index contributed by atoms with van der Waals surface area (Å²) < 4.78 is 1.04. The lowest BCUT2D eigenvalue weighted by molar-refractivity contribution is 0.102. The van der Waals surface area contributed by atoms with Crippen LogP contribution < -0.4 is 5.32 Å². The van der Waals surface area contributed by atoms with Crippen LogP contribution in [0.15, 0.2) is 40.9 Å². The maximum absolute atomic E-state index is 12.1. The van der Waals surface area contributed by atoms with Gasteiger partial charge in [-0.3, -0.25) is 4.79 Å². The minimum absolute atomic E-state index is 0.138. The molecule has 0 saturated heterocycles. The van der Waals surface area contributed by atoms with Crippen LogP contribution in [-0.2, 0) is 0 Å².